The van der Waals surface area contributed by atoms with Crippen molar-refractivity contribution < 1.29 is 13.9 Å². The molecule has 20 heavy (non-hydrogen) atoms. The highest BCUT2D eigenvalue weighted by Crippen LogP contribution is 2.27. The predicted molar refractivity (Wildman–Crippen MR) is 72.3 cm³/mol. The minimum atomic E-state index is -0.988. The number of aromatic nitrogens is 1. The molecule has 3 rings (SSSR count). The van der Waals surface area contributed by atoms with Gasteiger partial charge in [-0.1, -0.05) is 23.7 Å². The number of rotatable bonds is 2. The molecule has 0 aliphatic heterocycles. The summed E-state index contributed by atoms with van der Waals surface area (Å²) in [5.41, 5.74) is 1.86. The molecule has 2 aromatic carbocycles. The lowest BCUT2D eigenvalue weighted by Crippen LogP contribution is -1.99. The lowest BCUT2D eigenvalue weighted by atomic mass is 10.0. The van der Waals surface area contributed by atoms with Crippen LogP contribution in [-0.2, 0) is 0 Å². The zero-order valence-electron chi connectivity index (χ0n) is 10.1. The highest BCUT2D eigenvalue weighted by Gasteiger charge is 2.14. The van der Waals surface area contributed by atoms with Crippen LogP contribution in [0.4, 0.5) is 4.39 Å². The van der Waals surface area contributed by atoms with Crippen molar-refractivity contribution in [3.63, 3.8) is 0 Å². The zero-order chi connectivity index (χ0) is 14.3. The van der Waals surface area contributed by atoms with Crippen LogP contribution in [0.25, 0.3) is 11.1 Å². The Morgan fingerprint density at radius 1 is 1.20 bits per heavy atom. The molecule has 1 heterocycles. The molecule has 2 N–H and O–H groups in total. The summed E-state index contributed by atoms with van der Waals surface area (Å²) < 4.78 is 18.0. The van der Waals surface area contributed by atoms with Crippen LogP contribution in [0.15, 0.2) is 45.6 Å². The molecule has 0 amide bonds. The first-order chi connectivity index (χ1) is 9.54. The van der Waals surface area contributed by atoms with Crippen molar-refractivity contribution in [2.45, 2.75) is 6.10 Å². The number of nitrogens with one attached hydrogen (secondary N) is 1. The largest absolute Gasteiger partial charge is 0.417 e. The average Bonchev–Trinajstić information content (AvgIpc) is 2.80. The molecule has 102 valence electrons. The van der Waals surface area contributed by atoms with E-state index < -0.39 is 17.7 Å². The van der Waals surface area contributed by atoms with E-state index in [2.05, 4.69) is 4.98 Å². The number of oxazole rings is 1. The van der Waals surface area contributed by atoms with Crippen LogP contribution < -0.4 is 5.76 Å². The topological polar surface area (TPSA) is 66.2 Å². The predicted octanol–water partition coefficient (Wildman–Crippen LogP) is 3.00. The third kappa shape index (κ3) is 2.21. The van der Waals surface area contributed by atoms with Gasteiger partial charge < -0.3 is 9.52 Å². The van der Waals surface area contributed by atoms with Crippen molar-refractivity contribution in [1.82, 2.24) is 4.98 Å². The molecule has 3 aromatic rings. The molecule has 1 atom stereocenters. The maximum absolute atomic E-state index is 13.1. The first-order valence-electron chi connectivity index (χ1n) is 5.80. The van der Waals surface area contributed by atoms with E-state index in [0.29, 0.717) is 22.2 Å². The SMILES string of the molecule is O=c1[nH]c2ccc(C(O)c3ccc(F)c(Cl)c3)cc2o1. The fourth-order valence-corrected chi connectivity index (χ4v) is 2.20. The molecule has 0 aliphatic carbocycles. The lowest BCUT2D eigenvalue weighted by molar-refractivity contribution is 0.220. The van der Waals surface area contributed by atoms with Gasteiger partial charge in [0, 0.05) is 0 Å². The van der Waals surface area contributed by atoms with E-state index in [0.717, 1.165) is 0 Å². The first kappa shape index (κ1) is 12.9. The van der Waals surface area contributed by atoms with Crippen LogP contribution in [0.3, 0.4) is 0 Å². The number of H-pyrrole nitrogens is 1. The van der Waals surface area contributed by atoms with Crippen molar-refractivity contribution in [2.24, 2.45) is 0 Å². The smallest absolute Gasteiger partial charge is 0.408 e. The first-order valence-corrected chi connectivity index (χ1v) is 6.18. The Balaban J connectivity index is 2.04. The Morgan fingerprint density at radius 3 is 2.65 bits per heavy atom. The Morgan fingerprint density at radius 2 is 1.90 bits per heavy atom. The zero-order valence-corrected chi connectivity index (χ0v) is 10.8. The standard InChI is InChI=1S/C14H9ClFNO3/c15-9-5-7(1-3-10(9)16)13(18)8-2-4-11-12(6-8)20-14(19)17-11/h1-6,13,18H,(H,17,19). The van der Waals surface area contributed by atoms with Gasteiger partial charge in [0.25, 0.3) is 0 Å². The van der Waals surface area contributed by atoms with Crippen LogP contribution in [-0.4, -0.2) is 10.1 Å². The second-order valence-corrected chi connectivity index (χ2v) is 4.75. The van der Waals surface area contributed by atoms with Crippen molar-refractivity contribution in [2.75, 3.05) is 0 Å². The van der Waals surface area contributed by atoms with Gasteiger partial charge in [-0.2, -0.15) is 0 Å². The van der Waals surface area contributed by atoms with E-state index in [1.54, 1.807) is 18.2 Å². The number of hydrogen-bond donors (Lipinski definition) is 2. The third-order valence-electron chi connectivity index (χ3n) is 3.02. The number of halogens is 2. The summed E-state index contributed by atoms with van der Waals surface area (Å²) in [6.07, 6.45) is -0.988. The highest BCUT2D eigenvalue weighted by atomic mass is 35.5. The molecule has 1 aromatic heterocycles. The van der Waals surface area contributed by atoms with Crippen LogP contribution in [0.5, 0.6) is 0 Å². The molecular weight excluding hydrogens is 285 g/mol. The van der Waals surface area contributed by atoms with Crippen molar-refractivity contribution in [1.29, 1.82) is 0 Å². The Kier molecular flexibility index (Phi) is 3.08. The monoisotopic (exact) mass is 293 g/mol. The average molecular weight is 294 g/mol. The van der Waals surface area contributed by atoms with Gasteiger partial charge in [0.1, 0.15) is 11.9 Å². The number of aliphatic hydroxyl groups is 1. The Bertz CT molecular complexity index is 840. The van der Waals surface area contributed by atoms with Crippen LogP contribution in [0, 0.1) is 5.82 Å². The van der Waals surface area contributed by atoms with Gasteiger partial charge >= 0.3 is 5.76 Å². The van der Waals surface area contributed by atoms with Crippen LogP contribution in [0.2, 0.25) is 5.02 Å². The summed E-state index contributed by atoms with van der Waals surface area (Å²) in [5.74, 6) is -1.11. The minimum Gasteiger partial charge on any atom is -0.408 e. The molecule has 4 nitrogen and oxygen atoms in total. The summed E-state index contributed by atoms with van der Waals surface area (Å²) in [4.78, 5) is 13.6. The maximum Gasteiger partial charge on any atom is 0.417 e. The summed E-state index contributed by atoms with van der Waals surface area (Å²) >= 11 is 5.69. The molecule has 0 saturated heterocycles. The van der Waals surface area contributed by atoms with Crippen molar-refractivity contribution >= 4 is 22.7 Å². The Labute approximate surface area is 117 Å². The van der Waals surface area contributed by atoms with Crippen molar-refractivity contribution in [3.05, 3.63) is 68.9 Å². The molecule has 1 unspecified atom stereocenters. The van der Waals surface area contributed by atoms with E-state index in [4.69, 9.17) is 16.0 Å². The third-order valence-corrected chi connectivity index (χ3v) is 3.31. The minimum absolute atomic E-state index is 0.0594. The number of aromatic amines is 1. The fourth-order valence-electron chi connectivity index (χ4n) is 2.01. The molecule has 0 bridgehead atoms. The number of aliphatic hydroxyl groups excluding tert-OH is 1. The Hall–Kier alpha value is -2.11. The lowest BCUT2D eigenvalue weighted by Gasteiger charge is -2.11. The molecule has 0 saturated carbocycles. The maximum atomic E-state index is 13.1. The summed E-state index contributed by atoms with van der Waals surface area (Å²) in [6.45, 7) is 0. The van der Waals surface area contributed by atoms with E-state index >= 15 is 0 Å². The second kappa shape index (κ2) is 4.77. The summed E-state index contributed by atoms with van der Waals surface area (Å²) in [7, 11) is 0. The van der Waals surface area contributed by atoms with Gasteiger partial charge in [0.2, 0.25) is 0 Å². The highest BCUT2D eigenvalue weighted by molar-refractivity contribution is 6.30. The van der Waals surface area contributed by atoms with E-state index in [-0.39, 0.29) is 5.02 Å². The summed E-state index contributed by atoms with van der Waals surface area (Å²) in [5, 5.41) is 10.2. The van der Waals surface area contributed by atoms with Gasteiger partial charge in [-0.3, -0.25) is 4.98 Å². The van der Waals surface area contributed by atoms with Gasteiger partial charge in [-0.05, 0) is 35.4 Å². The van der Waals surface area contributed by atoms with Crippen LogP contribution in [0.1, 0.15) is 17.2 Å². The van der Waals surface area contributed by atoms with E-state index in [9.17, 15) is 14.3 Å². The number of benzene rings is 2. The fraction of sp³-hybridized carbons (Fsp3) is 0.0714. The molecule has 6 heteroatoms. The van der Waals surface area contributed by atoms with E-state index in [1.807, 2.05) is 0 Å². The summed E-state index contributed by atoms with van der Waals surface area (Å²) in [6, 6.07) is 8.83. The quantitative estimate of drug-likeness (QED) is 0.763. The van der Waals surface area contributed by atoms with Crippen LogP contribution >= 0.6 is 11.6 Å². The van der Waals surface area contributed by atoms with Gasteiger partial charge in [0.05, 0.1) is 10.5 Å². The van der Waals surface area contributed by atoms with E-state index in [1.165, 1.54) is 18.2 Å². The molecule has 0 spiro atoms. The van der Waals surface area contributed by atoms with Gasteiger partial charge in [-0.15, -0.1) is 0 Å². The van der Waals surface area contributed by atoms with Gasteiger partial charge in [-0.25, -0.2) is 9.18 Å². The second-order valence-electron chi connectivity index (χ2n) is 4.35. The molecule has 0 fully saturated rings. The normalized spacial score (nSPS) is 12.8. The molecule has 0 radical (unpaired) electrons. The number of hydrogen-bond acceptors (Lipinski definition) is 3. The van der Waals surface area contributed by atoms with Crippen molar-refractivity contribution in [3.8, 4) is 0 Å². The number of fused-ring (bicyclic) bond motifs is 1. The molecule has 0 aliphatic rings. The van der Waals surface area contributed by atoms with Gasteiger partial charge in [0.15, 0.2) is 5.58 Å². The molecular formula is C14H9ClFNO3.